The smallest absolute Gasteiger partial charge is 0.280 e. The van der Waals surface area contributed by atoms with Gasteiger partial charge in [-0.3, -0.25) is 0 Å². The number of nitrogens with one attached hydrogen (secondary N) is 1. The molecule has 1 aliphatic carbocycles. The van der Waals surface area contributed by atoms with Gasteiger partial charge in [0.15, 0.2) is 0 Å². The summed E-state index contributed by atoms with van der Waals surface area (Å²) in [6, 6.07) is 15.2. The standard InChI is InChI=1S/C19H25N3O2S.ClH/c1-2-22(14-15-7-4-3-5-8-15)25(23,24)21-19-10-6-9-16-13-17(20)11-12-18(16)19;/h3-5,7-8,11-13,19,21H,2,6,9-10,14,20H2,1H3;1H. The number of hydrogen-bond donors (Lipinski definition) is 2. The van der Waals surface area contributed by atoms with Crippen LogP contribution >= 0.6 is 12.4 Å². The van der Waals surface area contributed by atoms with E-state index in [1.165, 1.54) is 4.31 Å². The molecule has 0 heterocycles. The zero-order valence-corrected chi connectivity index (χ0v) is 16.5. The van der Waals surface area contributed by atoms with Gasteiger partial charge in [-0.25, -0.2) is 0 Å². The zero-order valence-electron chi connectivity index (χ0n) is 14.9. The molecule has 1 unspecified atom stereocenters. The van der Waals surface area contributed by atoms with E-state index in [2.05, 4.69) is 4.72 Å². The van der Waals surface area contributed by atoms with Crippen molar-refractivity contribution in [3.8, 4) is 0 Å². The van der Waals surface area contributed by atoms with Crippen molar-refractivity contribution in [3.63, 3.8) is 0 Å². The fraction of sp³-hybridized carbons (Fsp3) is 0.368. The lowest BCUT2D eigenvalue weighted by Crippen LogP contribution is -2.42. The van der Waals surface area contributed by atoms with Gasteiger partial charge >= 0.3 is 0 Å². The van der Waals surface area contributed by atoms with Gasteiger partial charge in [-0.05, 0) is 48.1 Å². The predicted molar refractivity (Wildman–Crippen MR) is 108 cm³/mol. The van der Waals surface area contributed by atoms with E-state index in [0.29, 0.717) is 13.1 Å². The highest BCUT2D eigenvalue weighted by Crippen LogP contribution is 2.31. The Bertz CT molecular complexity index is 828. The lowest BCUT2D eigenvalue weighted by Gasteiger charge is -2.29. The number of fused-ring (bicyclic) bond motifs is 1. The molecule has 26 heavy (non-hydrogen) atoms. The minimum atomic E-state index is -3.57. The highest BCUT2D eigenvalue weighted by atomic mass is 35.5. The van der Waals surface area contributed by atoms with Crippen molar-refractivity contribution < 1.29 is 8.42 Å². The maximum atomic E-state index is 12.9. The molecular formula is C19H26ClN3O2S. The first kappa shape index (κ1) is 20.7. The van der Waals surface area contributed by atoms with Gasteiger partial charge in [0, 0.05) is 24.8 Å². The Labute approximate surface area is 162 Å². The van der Waals surface area contributed by atoms with E-state index in [0.717, 1.165) is 41.6 Å². The highest BCUT2D eigenvalue weighted by Gasteiger charge is 2.28. The van der Waals surface area contributed by atoms with Gasteiger partial charge in [-0.15, -0.1) is 12.4 Å². The van der Waals surface area contributed by atoms with Gasteiger partial charge in [-0.1, -0.05) is 43.3 Å². The molecule has 1 aliphatic rings. The lowest BCUT2D eigenvalue weighted by molar-refractivity contribution is 0.400. The van der Waals surface area contributed by atoms with E-state index in [-0.39, 0.29) is 18.4 Å². The molecule has 5 nitrogen and oxygen atoms in total. The van der Waals surface area contributed by atoms with Crippen molar-refractivity contribution in [1.82, 2.24) is 9.03 Å². The van der Waals surface area contributed by atoms with Crippen LogP contribution in [0, 0.1) is 0 Å². The molecule has 142 valence electrons. The molecule has 0 aliphatic heterocycles. The molecule has 7 heteroatoms. The summed E-state index contributed by atoms with van der Waals surface area (Å²) < 4.78 is 30.2. The topological polar surface area (TPSA) is 75.4 Å². The third kappa shape index (κ3) is 4.76. The van der Waals surface area contributed by atoms with Crippen LogP contribution in [-0.2, 0) is 23.2 Å². The molecule has 3 rings (SSSR count). The second-order valence-corrected chi connectivity index (χ2v) is 8.14. The summed E-state index contributed by atoms with van der Waals surface area (Å²) >= 11 is 0. The molecule has 3 N–H and O–H groups in total. The Morgan fingerprint density at radius 1 is 1.19 bits per heavy atom. The van der Waals surface area contributed by atoms with Crippen LogP contribution in [-0.4, -0.2) is 19.3 Å². The van der Waals surface area contributed by atoms with Crippen LogP contribution in [0.4, 0.5) is 5.69 Å². The Hall–Kier alpha value is -1.60. The quantitative estimate of drug-likeness (QED) is 0.736. The number of rotatable bonds is 6. The number of anilines is 1. The third-order valence-electron chi connectivity index (χ3n) is 4.67. The van der Waals surface area contributed by atoms with Gasteiger partial charge < -0.3 is 5.73 Å². The summed E-state index contributed by atoms with van der Waals surface area (Å²) in [6.45, 7) is 2.65. The molecule has 0 saturated carbocycles. The third-order valence-corrected chi connectivity index (χ3v) is 6.32. The SMILES string of the molecule is CCN(Cc1ccccc1)S(=O)(=O)NC1CCCc2cc(N)ccc21.Cl. The summed E-state index contributed by atoms with van der Waals surface area (Å²) in [4.78, 5) is 0. The van der Waals surface area contributed by atoms with Crippen LogP contribution < -0.4 is 10.5 Å². The molecule has 0 spiro atoms. The fourth-order valence-corrected chi connectivity index (χ4v) is 4.78. The van der Waals surface area contributed by atoms with Crippen molar-refractivity contribution in [2.24, 2.45) is 0 Å². The van der Waals surface area contributed by atoms with Crippen molar-refractivity contribution >= 4 is 28.3 Å². The summed E-state index contributed by atoms with van der Waals surface area (Å²) in [7, 11) is -3.57. The van der Waals surface area contributed by atoms with Crippen molar-refractivity contribution in [2.45, 2.75) is 38.8 Å². The first-order chi connectivity index (χ1) is 12.0. The maximum Gasteiger partial charge on any atom is 0.280 e. The van der Waals surface area contributed by atoms with Crippen LogP contribution in [0.5, 0.6) is 0 Å². The molecular weight excluding hydrogens is 370 g/mol. The molecule has 0 fully saturated rings. The predicted octanol–water partition coefficient (Wildman–Crippen LogP) is 3.42. The molecule has 0 bridgehead atoms. The van der Waals surface area contributed by atoms with Crippen molar-refractivity contribution in [3.05, 3.63) is 65.2 Å². The minimum Gasteiger partial charge on any atom is -0.399 e. The van der Waals surface area contributed by atoms with Crippen LogP contribution in [0.2, 0.25) is 0 Å². The molecule has 2 aromatic carbocycles. The van der Waals surface area contributed by atoms with Crippen molar-refractivity contribution in [1.29, 1.82) is 0 Å². The number of nitrogens with two attached hydrogens (primary N) is 1. The second kappa shape index (κ2) is 8.86. The molecule has 0 saturated heterocycles. The van der Waals surface area contributed by atoms with Crippen molar-refractivity contribution in [2.75, 3.05) is 12.3 Å². The summed E-state index contributed by atoms with van der Waals surface area (Å²) in [5.41, 5.74) is 9.75. The van der Waals surface area contributed by atoms with E-state index >= 15 is 0 Å². The number of aryl methyl sites for hydroxylation is 1. The second-order valence-electron chi connectivity index (χ2n) is 6.44. The van der Waals surface area contributed by atoms with E-state index in [9.17, 15) is 8.42 Å². The average molecular weight is 396 g/mol. The van der Waals surface area contributed by atoms with Gasteiger partial charge in [0.25, 0.3) is 10.2 Å². The van der Waals surface area contributed by atoms with Crippen LogP contribution in [0.3, 0.4) is 0 Å². The lowest BCUT2D eigenvalue weighted by atomic mass is 9.88. The van der Waals surface area contributed by atoms with Crippen LogP contribution in [0.15, 0.2) is 48.5 Å². The Morgan fingerprint density at radius 2 is 1.92 bits per heavy atom. The van der Waals surface area contributed by atoms with E-state index in [1.54, 1.807) is 0 Å². The summed E-state index contributed by atoms with van der Waals surface area (Å²) in [6.07, 6.45) is 2.70. The number of nitrogen functional groups attached to an aromatic ring is 1. The Kier molecular flexibility index (Phi) is 7.06. The number of halogens is 1. The van der Waals surface area contributed by atoms with Gasteiger partial charge in [-0.2, -0.15) is 17.4 Å². The first-order valence-electron chi connectivity index (χ1n) is 8.69. The molecule has 0 aromatic heterocycles. The van der Waals surface area contributed by atoms with E-state index in [4.69, 9.17) is 5.73 Å². The summed E-state index contributed by atoms with van der Waals surface area (Å²) in [5.74, 6) is 0. The number of nitrogens with zero attached hydrogens (tertiary/aromatic N) is 1. The van der Waals surface area contributed by atoms with Gasteiger partial charge in [0.2, 0.25) is 0 Å². The molecule has 0 amide bonds. The number of benzene rings is 2. The molecule has 1 atom stereocenters. The van der Waals surface area contributed by atoms with Crippen LogP contribution in [0.1, 0.15) is 42.5 Å². The van der Waals surface area contributed by atoms with Crippen LogP contribution in [0.25, 0.3) is 0 Å². The minimum absolute atomic E-state index is 0. The largest absolute Gasteiger partial charge is 0.399 e. The van der Waals surface area contributed by atoms with E-state index in [1.807, 2.05) is 55.5 Å². The maximum absolute atomic E-state index is 12.9. The first-order valence-corrected chi connectivity index (χ1v) is 10.1. The summed E-state index contributed by atoms with van der Waals surface area (Å²) in [5, 5.41) is 0. The number of hydrogen-bond acceptors (Lipinski definition) is 3. The zero-order chi connectivity index (χ0) is 17.9. The normalized spacial score (nSPS) is 16.8. The molecule has 2 aromatic rings. The molecule has 0 radical (unpaired) electrons. The Balaban J connectivity index is 0.00000243. The highest BCUT2D eigenvalue weighted by molar-refractivity contribution is 7.87. The Morgan fingerprint density at radius 3 is 2.62 bits per heavy atom. The van der Waals surface area contributed by atoms with E-state index < -0.39 is 10.2 Å². The van der Waals surface area contributed by atoms with Gasteiger partial charge in [0.1, 0.15) is 0 Å². The fourth-order valence-electron chi connectivity index (χ4n) is 3.36. The van der Waals surface area contributed by atoms with Gasteiger partial charge in [0.05, 0.1) is 0 Å². The monoisotopic (exact) mass is 395 g/mol. The average Bonchev–Trinajstić information content (AvgIpc) is 2.60.